The third-order valence-corrected chi connectivity index (χ3v) is 6.47. The molecule has 0 radical (unpaired) electrons. The van der Waals surface area contributed by atoms with Crippen molar-refractivity contribution in [2.45, 2.75) is 57.5 Å². The topological polar surface area (TPSA) is 87.5 Å². The molecule has 1 saturated carbocycles. The monoisotopic (exact) mass is 442 g/mol. The molecule has 0 unspecified atom stereocenters. The molecular formula is C18H36Cl2N4O2S. The van der Waals surface area contributed by atoms with E-state index in [1.807, 2.05) is 25.6 Å². The summed E-state index contributed by atoms with van der Waals surface area (Å²) >= 11 is 2.01. The third-order valence-electron chi connectivity index (χ3n) is 5.52. The first-order valence-electron chi connectivity index (χ1n) is 9.57. The summed E-state index contributed by atoms with van der Waals surface area (Å²) in [6.07, 6.45) is 6.07. The Kier molecular flexibility index (Phi) is 13.0. The highest BCUT2D eigenvalue weighted by molar-refractivity contribution is 7.99. The van der Waals surface area contributed by atoms with Gasteiger partial charge >= 0.3 is 0 Å². The molecule has 1 atom stereocenters. The number of amides is 2. The largest absolute Gasteiger partial charge is 0.353 e. The highest BCUT2D eigenvalue weighted by atomic mass is 35.5. The van der Waals surface area contributed by atoms with Gasteiger partial charge in [-0.1, -0.05) is 33.1 Å². The second-order valence-corrected chi connectivity index (χ2v) is 8.87. The number of nitrogens with one attached hydrogen (secondary N) is 2. The number of carbonyl (C=O) groups is 2. The van der Waals surface area contributed by atoms with Crippen molar-refractivity contribution in [3.8, 4) is 0 Å². The molecule has 4 N–H and O–H groups in total. The van der Waals surface area contributed by atoms with E-state index >= 15 is 0 Å². The van der Waals surface area contributed by atoms with Crippen molar-refractivity contribution in [1.29, 1.82) is 0 Å². The van der Waals surface area contributed by atoms with Gasteiger partial charge in [-0.15, -0.1) is 24.8 Å². The van der Waals surface area contributed by atoms with Crippen LogP contribution < -0.4 is 16.4 Å². The van der Waals surface area contributed by atoms with Crippen LogP contribution in [0.15, 0.2) is 0 Å². The van der Waals surface area contributed by atoms with Gasteiger partial charge in [-0.2, -0.15) is 11.8 Å². The fourth-order valence-electron chi connectivity index (χ4n) is 3.77. The van der Waals surface area contributed by atoms with Gasteiger partial charge in [0.25, 0.3) is 0 Å². The molecule has 0 spiro atoms. The van der Waals surface area contributed by atoms with Crippen LogP contribution in [0.2, 0.25) is 0 Å². The summed E-state index contributed by atoms with van der Waals surface area (Å²) in [6.45, 7) is 6.71. The maximum Gasteiger partial charge on any atom is 0.239 e. The Balaban J connectivity index is 0.00000338. The van der Waals surface area contributed by atoms with Crippen LogP contribution in [0.3, 0.4) is 0 Å². The second-order valence-electron chi connectivity index (χ2n) is 7.65. The van der Waals surface area contributed by atoms with E-state index in [-0.39, 0.29) is 54.6 Å². The maximum atomic E-state index is 12.2. The Labute approximate surface area is 180 Å². The third kappa shape index (κ3) is 7.97. The molecule has 2 aliphatic rings. The van der Waals surface area contributed by atoms with Crippen molar-refractivity contribution in [2.24, 2.45) is 11.7 Å². The van der Waals surface area contributed by atoms with Gasteiger partial charge in [-0.25, -0.2) is 0 Å². The fourth-order valence-corrected chi connectivity index (χ4v) is 4.67. The summed E-state index contributed by atoms with van der Waals surface area (Å²) in [5, 5.41) is 5.72. The molecular weight excluding hydrogens is 407 g/mol. The molecule has 0 aromatic carbocycles. The van der Waals surface area contributed by atoms with Gasteiger partial charge in [0.2, 0.25) is 11.8 Å². The van der Waals surface area contributed by atoms with Crippen LogP contribution in [0.4, 0.5) is 0 Å². The molecule has 27 heavy (non-hydrogen) atoms. The lowest BCUT2D eigenvalue weighted by Gasteiger charge is -2.48. The van der Waals surface area contributed by atoms with E-state index in [0.29, 0.717) is 6.54 Å². The molecule has 1 aliphatic carbocycles. The van der Waals surface area contributed by atoms with E-state index in [0.717, 1.165) is 25.9 Å². The fraction of sp³-hybridized carbons (Fsp3) is 0.889. The van der Waals surface area contributed by atoms with E-state index < -0.39 is 6.04 Å². The molecule has 2 rings (SSSR count). The highest BCUT2D eigenvalue weighted by Crippen LogP contribution is 2.34. The molecule has 0 aromatic rings. The highest BCUT2D eigenvalue weighted by Gasteiger charge is 2.38. The van der Waals surface area contributed by atoms with Crippen molar-refractivity contribution in [1.82, 2.24) is 15.5 Å². The summed E-state index contributed by atoms with van der Waals surface area (Å²) in [7, 11) is 0. The summed E-state index contributed by atoms with van der Waals surface area (Å²) in [4.78, 5) is 26.7. The second kappa shape index (κ2) is 13.1. The number of thioether (sulfide) groups is 1. The molecule has 1 heterocycles. The van der Waals surface area contributed by atoms with E-state index in [2.05, 4.69) is 15.5 Å². The molecule has 0 aromatic heterocycles. The Hall–Kier alpha value is -0.210. The van der Waals surface area contributed by atoms with Gasteiger partial charge < -0.3 is 16.4 Å². The number of carbonyl (C=O) groups excluding carboxylic acids is 2. The predicted molar refractivity (Wildman–Crippen MR) is 118 cm³/mol. The quantitative estimate of drug-likeness (QED) is 0.559. The Morgan fingerprint density at radius 2 is 1.67 bits per heavy atom. The number of hydrogen-bond acceptors (Lipinski definition) is 5. The van der Waals surface area contributed by atoms with Crippen LogP contribution in [0, 0.1) is 5.92 Å². The first-order chi connectivity index (χ1) is 11.9. The van der Waals surface area contributed by atoms with Crippen LogP contribution in [-0.2, 0) is 9.59 Å². The van der Waals surface area contributed by atoms with Crippen molar-refractivity contribution in [2.75, 3.05) is 37.7 Å². The van der Waals surface area contributed by atoms with Crippen LogP contribution in [-0.4, -0.2) is 66.0 Å². The average Bonchev–Trinajstić information content (AvgIpc) is 2.65. The van der Waals surface area contributed by atoms with E-state index in [9.17, 15) is 9.59 Å². The lowest BCUT2D eigenvalue weighted by atomic mass is 9.80. The summed E-state index contributed by atoms with van der Waals surface area (Å²) < 4.78 is 0. The van der Waals surface area contributed by atoms with Crippen molar-refractivity contribution in [3.05, 3.63) is 0 Å². The van der Waals surface area contributed by atoms with Gasteiger partial charge in [0, 0.05) is 36.7 Å². The Morgan fingerprint density at radius 1 is 1.07 bits per heavy atom. The number of hydrogen-bond donors (Lipinski definition) is 3. The SMILES string of the molecule is CC(C)[C@H](N)C(=O)NCC(=O)NCC1(N2CCSCC2)CCCCC1.Cl.Cl. The standard InChI is InChI=1S/C18H34N4O2S.2ClH/c1-14(2)16(19)17(24)20-12-15(23)21-13-18(6-4-3-5-7-18)22-8-10-25-11-9-22;;/h14,16H,3-13,19H2,1-2H3,(H,20,24)(H,21,23);2*1H/t16-;;/m0../s1. The van der Waals surface area contributed by atoms with Crippen molar-refractivity contribution >= 4 is 48.4 Å². The molecule has 2 amide bonds. The zero-order valence-electron chi connectivity index (χ0n) is 16.5. The maximum absolute atomic E-state index is 12.2. The lowest BCUT2D eigenvalue weighted by molar-refractivity contribution is -0.127. The van der Waals surface area contributed by atoms with Gasteiger partial charge in [-0.05, 0) is 18.8 Å². The number of nitrogens with two attached hydrogens (primary N) is 1. The first-order valence-corrected chi connectivity index (χ1v) is 10.7. The molecule has 1 aliphatic heterocycles. The molecule has 2 fully saturated rings. The predicted octanol–water partition coefficient (Wildman–Crippen LogP) is 1.80. The molecule has 6 nitrogen and oxygen atoms in total. The van der Waals surface area contributed by atoms with Gasteiger partial charge in [-0.3, -0.25) is 14.5 Å². The minimum atomic E-state index is -0.566. The zero-order valence-corrected chi connectivity index (χ0v) is 18.9. The van der Waals surface area contributed by atoms with E-state index in [4.69, 9.17) is 5.73 Å². The minimum Gasteiger partial charge on any atom is -0.353 e. The Morgan fingerprint density at radius 3 is 2.22 bits per heavy atom. The Bertz CT molecular complexity index is 457. The van der Waals surface area contributed by atoms with Crippen LogP contribution >= 0.6 is 36.6 Å². The number of rotatable bonds is 7. The molecule has 9 heteroatoms. The van der Waals surface area contributed by atoms with Crippen LogP contribution in [0.1, 0.15) is 46.0 Å². The summed E-state index contributed by atoms with van der Waals surface area (Å²) in [5.41, 5.74) is 5.91. The summed E-state index contributed by atoms with van der Waals surface area (Å²) in [6, 6.07) is -0.566. The number of nitrogens with zero attached hydrogens (tertiary/aromatic N) is 1. The zero-order chi connectivity index (χ0) is 18.3. The molecule has 160 valence electrons. The van der Waals surface area contributed by atoms with E-state index in [1.165, 1.54) is 30.8 Å². The van der Waals surface area contributed by atoms with E-state index in [1.54, 1.807) is 0 Å². The van der Waals surface area contributed by atoms with Crippen LogP contribution in [0.5, 0.6) is 0 Å². The minimum absolute atomic E-state index is 0. The molecule has 1 saturated heterocycles. The number of halogens is 2. The smallest absolute Gasteiger partial charge is 0.239 e. The van der Waals surface area contributed by atoms with Gasteiger partial charge in [0.15, 0.2) is 0 Å². The average molecular weight is 443 g/mol. The lowest BCUT2D eigenvalue weighted by Crippen LogP contribution is -2.59. The van der Waals surface area contributed by atoms with Crippen molar-refractivity contribution < 1.29 is 9.59 Å². The normalized spacial score (nSPS) is 20.7. The van der Waals surface area contributed by atoms with Gasteiger partial charge in [0.1, 0.15) is 0 Å². The first kappa shape index (κ1) is 26.8. The van der Waals surface area contributed by atoms with Crippen LogP contribution in [0.25, 0.3) is 0 Å². The summed E-state index contributed by atoms with van der Waals surface area (Å²) in [5.74, 6) is 2.04. The van der Waals surface area contributed by atoms with Gasteiger partial charge in [0.05, 0.1) is 12.6 Å². The molecule has 0 bridgehead atoms. The van der Waals surface area contributed by atoms with Crippen molar-refractivity contribution in [3.63, 3.8) is 0 Å².